The van der Waals surface area contributed by atoms with Crippen LogP contribution in [0.1, 0.15) is 31.4 Å². The molecule has 2 unspecified atom stereocenters. The molecule has 190 valence electrons. The molecule has 3 aromatic rings. The molecule has 0 aliphatic heterocycles. The summed E-state index contributed by atoms with van der Waals surface area (Å²) in [4.78, 5) is 28.6. The van der Waals surface area contributed by atoms with Crippen molar-refractivity contribution >= 4 is 46.6 Å². The van der Waals surface area contributed by atoms with Gasteiger partial charge in [-0.25, -0.2) is 0 Å². The lowest BCUT2D eigenvalue weighted by atomic mass is 10.0. The van der Waals surface area contributed by atoms with E-state index in [1.54, 1.807) is 35.2 Å². The van der Waals surface area contributed by atoms with Gasteiger partial charge in [-0.2, -0.15) is 0 Å². The second-order valence-corrected chi connectivity index (χ2v) is 9.82. The second kappa shape index (κ2) is 13.5. The normalized spacial score (nSPS) is 12.5. The molecule has 0 saturated heterocycles. The van der Waals surface area contributed by atoms with Crippen LogP contribution in [-0.2, 0) is 22.6 Å². The molecular weight excluding hydrogens is 519 g/mol. The largest absolute Gasteiger partial charge is 0.482 e. The van der Waals surface area contributed by atoms with Crippen molar-refractivity contribution in [3.05, 3.63) is 99.0 Å². The maximum Gasteiger partial charge on any atom is 0.261 e. The van der Waals surface area contributed by atoms with E-state index in [0.29, 0.717) is 27.2 Å². The predicted molar refractivity (Wildman–Crippen MR) is 146 cm³/mol. The van der Waals surface area contributed by atoms with E-state index in [1.807, 2.05) is 56.3 Å². The average Bonchev–Trinajstić information content (AvgIpc) is 2.86. The van der Waals surface area contributed by atoms with E-state index in [-0.39, 0.29) is 31.0 Å². The first kappa shape index (κ1) is 27.9. The Bertz CT molecular complexity index is 1170. The van der Waals surface area contributed by atoms with Crippen LogP contribution in [0.4, 0.5) is 0 Å². The molecule has 0 radical (unpaired) electrons. The number of halogens is 3. The molecule has 0 bridgehead atoms. The molecule has 36 heavy (non-hydrogen) atoms. The molecule has 0 heterocycles. The number of rotatable bonds is 11. The summed E-state index contributed by atoms with van der Waals surface area (Å²) >= 11 is 18.4. The summed E-state index contributed by atoms with van der Waals surface area (Å²) in [6.07, 6.45) is 1.11. The Kier molecular flexibility index (Phi) is 10.5. The number of carbonyl (C=O) groups is 2. The monoisotopic (exact) mass is 546 g/mol. The number of nitrogens with zero attached hydrogens (tertiary/aromatic N) is 1. The summed E-state index contributed by atoms with van der Waals surface area (Å²) in [7, 11) is 0. The van der Waals surface area contributed by atoms with E-state index in [1.165, 1.54) is 0 Å². The van der Waals surface area contributed by atoms with Crippen LogP contribution in [0.5, 0.6) is 5.75 Å². The SMILES string of the molecule is CCC(C)NC(=O)C(Cc1ccccc1)N(Cc1cccc(Cl)c1)C(=O)COc1ccc(Cl)cc1Cl. The number of ether oxygens (including phenoxy) is 1. The lowest BCUT2D eigenvalue weighted by Gasteiger charge is -2.32. The Balaban J connectivity index is 1.92. The van der Waals surface area contributed by atoms with E-state index in [2.05, 4.69) is 5.32 Å². The van der Waals surface area contributed by atoms with Crippen LogP contribution in [-0.4, -0.2) is 35.4 Å². The molecule has 5 nitrogen and oxygen atoms in total. The Hall–Kier alpha value is -2.73. The molecule has 0 aliphatic carbocycles. The van der Waals surface area contributed by atoms with Crippen LogP contribution in [0.2, 0.25) is 15.1 Å². The second-order valence-electron chi connectivity index (χ2n) is 8.54. The van der Waals surface area contributed by atoms with Gasteiger partial charge in [-0.3, -0.25) is 9.59 Å². The molecular formula is C28H29Cl3N2O3. The van der Waals surface area contributed by atoms with Crippen LogP contribution < -0.4 is 10.1 Å². The van der Waals surface area contributed by atoms with Crippen LogP contribution >= 0.6 is 34.8 Å². The maximum atomic E-state index is 13.6. The third kappa shape index (κ3) is 8.16. The van der Waals surface area contributed by atoms with E-state index in [4.69, 9.17) is 39.5 Å². The lowest BCUT2D eigenvalue weighted by molar-refractivity contribution is -0.143. The molecule has 0 saturated carbocycles. The molecule has 3 aromatic carbocycles. The molecule has 2 atom stereocenters. The van der Waals surface area contributed by atoms with Crippen molar-refractivity contribution in [2.24, 2.45) is 0 Å². The highest BCUT2D eigenvalue weighted by Gasteiger charge is 2.31. The summed E-state index contributed by atoms with van der Waals surface area (Å²) < 4.78 is 5.74. The molecule has 0 spiro atoms. The van der Waals surface area contributed by atoms with Crippen LogP contribution in [0.25, 0.3) is 0 Å². The fraction of sp³-hybridized carbons (Fsp3) is 0.286. The van der Waals surface area contributed by atoms with Gasteiger partial charge in [-0.05, 0) is 54.8 Å². The minimum atomic E-state index is -0.767. The Morgan fingerprint density at radius 1 is 0.917 bits per heavy atom. The van der Waals surface area contributed by atoms with Gasteiger partial charge in [0.15, 0.2) is 6.61 Å². The summed E-state index contributed by atoms with van der Waals surface area (Å²) in [5.74, 6) is -0.255. The summed E-state index contributed by atoms with van der Waals surface area (Å²) in [5.41, 5.74) is 1.74. The standard InChI is InChI=1S/C28H29Cl3N2O3/c1-3-19(2)32-28(35)25(15-20-8-5-4-6-9-20)33(17-21-10-7-11-22(29)14-21)27(34)18-36-26-13-12-23(30)16-24(26)31/h4-14,16,19,25H,3,15,17-18H2,1-2H3,(H,32,35). The zero-order valence-electron chi connectivity index (χ0n) is 20.2. The van der Waals surface area contributed by atoms with Gasteiger partial charge in [-0.1, -0.05) is 84.2 Å². The van der Waals surface area contributed by atoms with E-state index in [0.717, 1.165) is 17.5 Å². The summed E-state index contributed by atoms with van der Waals surface area (Å²) in [6, 6.07) is 20.8. The van der Waals surface area contributed by atoms with Crippen molar-refractivity contribution < 1.29 is 14.3 Å². The molecule has 3 rings (SSSR count). The Morgan fingerprint density at radius 2 is 1.61 bits per heavy atom. The number of benzene rings is 3. The molecule has 2 amide bonds. The zero-order valence-corrected chi connectivity index (χ0v) is 22.5. The third-order valence-corrected chi connectivity index (χ3v) is 6.52. The first-order valence-corrected chi connectivity index (χ1v) is 12.9. The minimum Gasteiger partial charge on any atom is -0.482 e. The average molecular weight is 548 g/mol. The highest BCUT2D eigenvalue weighted by Crippen LogP contribution is 2.27. The van der Waals surface area contributed by atoms with Gasteiger partial charge in [0.05, 0.1) is 5.02 Å². The van der Waals surface area contributed by atoms with Gasteiger partial charge in [0.25, 0.3) is 5.91 Å². The van der Waals surface area contributed by atoms with Crippen molar-refractivity contribution in [3.63, 3.8) is 0 Å². The number of hydrogen-bond donors (Lipinski definition) is 1. The van der Waals surface area contributed by atoms with Crippen molar-refractivity contribution in [2.45, 2.75) is 45.3 Å². The smallest absolute Gasteiger partial charge is 0.261 e. The predicted octanol–water partition coefficient (Wildman–Crippen LogP) is 6.58. The van der Waals surface area contributed by atoms with Crippen molar-refractivity contribution in [2.75, 3.05) is 6.61 Å². The van der Waals surface area contributed by atoms with Crippen LogP contribution in [0, 0.1) is 0 Å². The van der Waals surface area contributed by atoms with E-state index < -0.39 is 6.04 Å². The Labute approximate surface area is 227 Å². The van der Waals surface area contributed by atoms with Crippen molar-refractivity contribution in [3.8, 4) is 5.75 Å². The minimum absolute atomic E-state index is 0.0389. The molecule has 1 N–H and O–H groups in total. The van der Waals surface area contributed by atoms with Crippen LogP contribution in [0.15, 0.2) is 72.8 Å². The molecule has 8 heteroatoms. The van der Waals surface area contributed by atoms with Gasteiger partial charge < -0.3 is 15.0 Å². The van der Waals surface area contributed by atoms with Crippen LogP contribution in [0.3, 0.4) is 0 Å². The van der Waals surface area contributed by atoms with Gasteiger partial charge in [-0.15, -0.1) is 0 Å². The molecule has 0 aliphatic rings. The van der Waals surface area contributed by atoms with Crippen molar-refractivity contribution in [1.29, 1.82) is 0 Å². The third-order valence-electron chi connectivity index (χ3n) is 5.76. The molecule has 0 fully saturated rings. The topological polar surface area (TPSA) is 58.6 Å². The van der Waals surface area contributed by atoms with Gasteiger partial charge in [0.2, 0.25) is 5.91 Å². The van der Waals surface area contributed by atoms with Gasteiger partial charge in [0.1, 0.15) is 11.8 Å². The van der Waals surface area contributed by atoms with Gasteiger partial charge >= 0.3 is 0 Å². The van der Waals surface area contributed by atoms with Crippen molar-refractivity contribution in [1.82, 2.24) is 10.2 Å². The number of hydrogen-bond acceptors (Lipinski definition) is 3. The van der Waals surface area contributed by atoms with E-state index >= 15 is 0 Å². The van der Waals surface area contributed by atoms with E-state index in [9.17, 15) is 9.59 Å². The first-order chi connectivity index (χ1) is 17.3. The maximum absolute atomic E-state index is 13.6. The Morgan fingerprint density at radius 3 is 2.28 bits per heavy atom. The highest BCUT2D eigenvalue weighted by atomic mass is 35.5. The van der Waals surface area contributed by atoms with Gasteiger partial charge in [0, 0.05) is 29.1 Å². The first-order valence-electron chi connectivity index (χ1n) is 11.7. The fourth-order valence-corrected chi connectivity index (χ4v) is 4.32. The quantitative estimate of drug-likeness (QED) is 0.295. The number of amides is 2. The molecule has 0 aromatic heterocycles. The summed E-state index contributed by atoms with van der Waals surface area (Å²) in [5, 5.41) is 4.35. The number of nitrogens with one attached hydrogen (secondary N) is 1. The highest BCUT2D eigenvalue weighted by molar-refractivity contribution is 6.35. The zero-order chi connectivity index (χ0) is 26.1. The fourth-order valence-electron chi connectivity index (χ4n) is 3.64. The summed E-state index contributed by atoms with van der Waals surface area (Å²) in [6.45, 7) is 3.81. The number of carbonyl (C=O) groups excluding carboxylic acids is 2. The lowest BCUT2D eigenvalue weighted by Crippen LogP contribution is -2.53.